The molecule has 0 aliphatic rings. The Labute approximate surface area is 105 Å². The molecule has 0 unspecified atom stereocenters. The largest absolute Gasteiger partial charge is 0.465 e. The topological polar surface area (TPSA) is 49.0 Å². The van der Waals surface area contributed by atoms with Gasteiger partial charge in [-0.05, 0) is 42.8 Å². The standard InChI is InChI=1S/C14H13FN2O/c1-10-2-3-14(18-10)9-17-8-12-4-11(7-16)5-13(15)6-12/h2-6,17H,8-9H2,1H3. The predicted octanol–water partition coefficient (Wildman–Crippen LogP) is 2.89. The number of furan rings is 1. The Kier molecular flexibility index (Phi) is 3.75. The lowest BCUT2D eigenvalue weighted by molar-refractivity contribution is 0.461. The van der Waals surface area contributed by atoms with E-state index in [1.807, 2.05) is 25.1 Å². The van der Waals surface area contributed by atoms with Crippen molar-refractivity contribution in [1.29, 1.82) is 5.26 Å². The highest BCUT2D eigenvalue weighted by atomic mass is 19.1. The monoisotopic (exact) mass is 244 g/mol. The van der Waals surface area contributed by atoms with Crippen LogP contribution in [0.5, 0.6) is 0 Å². The van der Waals surface area contributed by atoms with Crippen LogP contribution in [0.3, 0.4) is 0 Å². The van der Waals surface area contributed by atoms with E-state index in [1.165, 1.54) is 12.1 Å². The van der Waals surface area contributed by atoms with Crippen LogP contribution in [0.15, 0.2) is 34.7 Å². The first-order chi connectivity index (χ1) is 8.67. The first kappa shape index (κ1) is 12.3. The Balaban J connectivity index is 1.94. The second-order valence-corrected chi connectivity index (χ2v) is 4.08. The van der Waals surface area contributed by atoms with Gasteiger partial charge in [0, 0.05) is 6.54 Å². The van der Waals surface area contributed by atoms with Gasteiger partial charge in [0.2, 0.25) is 0 Å². The van der Waals surface area contributed by atoms with Crippen LogP contribution in [0.25, 0.3) is 0 Å². The third-order valence-corrected chi connectivity index (χ3v) is 2.51. The lowest BCUT2D eigenvalue weighted by atomic mass is 10.1. The highest BCUT2D eigenvalue weighted by molar-refractivity contribution is 5.33. The molecule has 2 rings (SSSR count). The van der Waals surface area contributed by atoms with Crippen molar-refractivity contribution >= 4 is 0 Å². The minimum absolute atomic E-state index is 0.334. The van der Waals surface area contributed by atoms with E-state index < -0.39 is 0 Å². The number of hydrogen-bond acceptors (Lipinski definition) is 3. The SMILES string of the molecule is Cc1ccc(CNCc2cc(F)cc(C#N)c2)o1. The summed E-state index contributed by atoms with van der Waals surface area (Å²) in [5.74, 6) is 1.31. The van der Waals surface area contributed by atoms with Crippen LogP contribution in [-0.4, -0.2) is 0 Å². The molecular formula is C14H13FN2O. The summed E-state index contributed by atoms with van der Waals surface area (Å²) in [4.78, 5) is 0. The molecule has 0 bridgehead atoms. The minimum atomic E-state index is -0.389. The van der Waals surface area contributed by atoms with Gasteiger partial charge in [-0.25, -0.2) is 4.39 Å². The van der Waals surface area contributed by atoms with Crippen molar-refractivity contribution in [2.24, 2.45) is 0 Å². The molecule has 0 spiro atoms. The van der Waals surface area contributed by atoms with E-state index in [2.05, 4.69) is 5.32 Å². The molecule has 0 fully saturated rings. The second kappa shape index (κ2) is 5.48. The Morgan fingerprint density at radius 1 is 1.28 bits per heavy atom. The number of benzene rings is 1. The molecule has 18 heavy (non-hydrogen) atoms. The molecule has 0 saturated carbocycles. The van der Waals surface area contributed by atoms with Crippen LogP contribution >= 0.6 is 0 Å². The molecule has 0 amide bonds. The van der Waals surface area contributed by atoms with Crippen LogP contribution in [0.2, 0.25) is 0 Å². The molecule has 1 heterocycles. The molecule has 0 saturated heterocycles. The summed E-state index contributed by atoms with van der Waals surface area (Å²) < 4.78 is 18.6. The van der Waals surface area contributed by atoms with Gasteiger partial charge in [-0.15, -0.1) is 0 Å². The summed E-state index contributed by atoms with van der Waals surface area (Å²) in [6, 6.07) is 10.0. The molecule has 3 nitrogen and oxygen atoms in total. The minimum Gasteiger partial charge on any atom is -0.465 e. The molecule has 92 valence electrons. The highest BCUT2D eigenvalue weighted by Crippen LogP contribution is 2.09. The van der Waals surface area contributed by atoms with Crippen LogP contribution in [-0.2, 0) is 13.1 Å². The van der Waals surface area contributed by atoms with Crippen molar-refractivity contribution < 1.29 is 8.81 Å². The molecule has 0 radical (unpaired) electrons. The summed E-state index contributed by atoms with van der Waals surface area (Å²) in [7, 11) is 0. The lowest BCUT2D eigenvalue weighted by Gasteiger charge is -2.04. The van der Waals surface area contributed by atoms with Gasteiger partial charge in [0.1, 0.15) is 17.3 Å². The van der Waals surface area contributed by atoms with E-state index in [9.17, 15) is 4.39 Å². The normalized spacial score (nSPS) is 10.3. The smallest absolute Gasteiger partial charge is 0.124 e. The van der Waals surface area contributed by atoms with Crippen molar-refractivity contribution in [3.63, 3.8) is 0 Å². The Hall–Kier alpha value is -2.12. The number of nitrogens with zero attached hydrogens (tertiary/aromatic N) is 1. The molecule has 4 heteroatoms. The zero-order chi connectivity index (χ0) is 13.0. The van der Waals surface area contributed by atoms with Gasteiger partial charge < -0.3 is 9.73 Å². The summed E-state index contributed by atoms with van der Waals surface area (Å²) in [5, 5.41) is 11.9. The summed E-state index contributed by atoms with van der Waals surface area (Å²) >= 11 is 0. The van der Waals surface area contributed by atoms with Crippen LogP contribution in [0.1, 0.15) is 22.6 Å². The average molecular weight is 244 g/mol. The number of halogens is 1. The molecule has 0 aliphatic heterocycles. The van der Waals surface area contributed by atoms with Crippen LogP contribution in [0, 0.1) is 24.1 Å². The summed E-state index contributed by atoms with van der Waals surface area (Å²) in [5.41, 5.74) is 1.08. The quantitative estimate of drug-likeness (QED) is 0.899. The number of nitriles is 1. The number of nitrogens with one attached hydrogen (secondary N) is 1. The fourth-order valence-electron chi connectivity index (χ4n) is 1.73. The van der Waals surface area contributed by atoms with Crippen LogP contribution < -0.4 is 5.32 Å². The third-order valence-electron chi connectivity index (χ3n) is 2.51. The Bertz CT molecular complexity index is 584. The molecule has 1 aromatic carbocycles. The summed E-state index contributed by atoms with van der Waals surface area (Å²) in [6.45, 7) is 2.95. The van der Waals surface area contributed by atoms with E-state index in [4.69, 9.17) is 9.68 Å². The van der Waals surface area contributed by atoms with Crippen LogP contribution in [0.4, 0.5) is 4.39 Å². The van der Waals surface area contributed by atoms with Gasteiger partial charge in [0.15, 0.2) is 0 Å². The van der Waals surface area contributed by atoms with Crippen molar-refractivity contribution in [1.82, 2.24) is 5.32 Å². The van der Waals surface area contributed by atoms with E-state index in [-0.39, 0.29) is 5.82 Å². The Morgan fingerprint density at radius 3 is 2.78 bits per heavy atom. The Morgan fingerprint density at radius 2 is 2.11 bits per heavy atom. The van der Waals surface area contributed by atoms with Gasteiger partial charge >= 0.3 is 0 Å². The second-order valence-electron chi connectivity index (χ2n) is 4.08. The van der Waals surface area contributed by atoms with Gasteiger partial charge in [-0.1, -0.05) is 0 Å². The summed E-state index contributed by atoms with van der Waals surface area (Å²) in [6.07, 6.45) is 0. The fraction of sp³-hybridized carbons (Fsp3) is 0.214. The maximum absolute atomic E-state index is 13.2. The lowest BCUT2D eigenvalue weighted by Crippen LogP contribution is -2.12. The maximum atomic E-state index is 13.2. The molecular weight excluding hydrogens is 231 g/mol. The van der Waals surface area contributed by atoms with Crippen molar-refractivity contribution in [2.75, 3.05) is 0 Å². The first-order valence-electron chi connectivity index (χ1n) is 5.63. The van der Waals surface area contributed by atoms with Gasteiger partial charge in [-0.2, -0.15) is 5.26 Å². The molecule has 2 aromatic rings. The van der Waals surface area contributed by atoms with Crippen molar-refractivity contribution in [2.45, 2.75) is 20.0 Å². The zero-order valence-electron chi connectivity index (χ0n) is 10.0. The van der Waals surface area contributed by atoms with Crippen molar-refractivity contribution in [3.8, 4) is 6.07 Å². The number of aryl methyl sites for hydroxylation is 1. The van der Waals surface area contributed by atoms with E-state index >= 15 is 0 Å². The van der Waals surface area contributed by atoms with E-state index in [0.717, 1.165) is 17.1 Å². The number of rotatable bonds is 4. The molecule has 1 aromatic heterocycles. The van der Waals surface area contributed by atoms with Gasteiger partial charge in [-0.3, -0.25) is 0 Å². The molecule has 1 N–H and O–H groups in total. The fourth-order valence-corrected chi connectivity index (χ4v) is 1.73. The predicted molar refractivity (Wildman–Crippen MR) is 65.1 cm³/mol. The van der Waals surface area contributed by atoms with E-state index in [1.54, 1.807) is 6.07 Å². The third kappa shape index (κ3) is 3.19. The molecule has 0 aliphatic carbocycles. The first-order valence-corrected chi connectivity index (χ1v) is 5.63. The zero-order valence-corrected chi connectivity index (χ0v) is 10.0. The highest BCUT2D eigenvalue weighted by Gasteiger charge is 2.02. The average Bonchev–Trinajstić information content (AvgIpc) is 2.74. The van der Waals surface area contributed by atoms with Gasteiger partial charge in [0.05, 0.1) is 18.2 Å². The number of hydrogen-bond donors (Lipinski definition) is 1. The maximum Gasteiger partial charge on any atom is 0.124 e. The molecule has 0 atom stereocenters. The van der Waals surface area contributed by atoms with Crippen molar-refractivity contribution in [3.05, 3.63) is 58.8 Å². The van der Waals surface area contributed by atoms with Gasteiger partial charge in [0.25, 0.3) is 0 Å². The van der Waals surface area contributed by atoms with E-state index in [0.29, 0.717) is 18.7 Å².